The van der Waals surface area contributed by atoms with Crippen LogP contribution in [0.4, 0.5) is 5.69 Å². The number of nitrogens with one attached hydrogen (secondary N) is 1. The van der Waals surface area contributed by atoms with Crippen molar-refractivity contribution in [1.29, 1.82) is 0 Å². The van der Waals surface area contributed by atoms with E-state index in [-0.39, 0.29) is 0 Å². The number of anilines is 1. The molecule has 3 nitrogen and oxygen atoms in total. The second kappa shape index (κ2) is 6.76. The Hall–Kier alpha value is -1.06. The van der Waals surface area contributed by atoms with Crippen molar-refractivity contribution in [1.82, 2.24) is 5.32 Å². The van der Waals surface area contributed by atoms with Crippen LogP contribution in [0.1, 0.15) is 25.3 Å². The van der Waals surface area contributed by atoms with Crippen LogP contribution >= 0.6 is 0 Å². The van der Waals surface area contributed by atoms with Gasteiger partial charge >= 0.3 is 0 Å². The van der Waals surface area contributed by atoms with Crippen LogP contribution in [-0.4, -0.2) is 32.8 Å². The number of likely N-dealkylation sites (N-methyl/N-ethyl adjacent to an activating group) is 1. The van der Waals surface area contributed by atoms with Gasteiger partial charge in [-0.2, -0.15) is 0 Å². The van der Waals surface area contributed by atoms with Crippen molar-refractivity contribution in [2.24, 2.45) is 0 Å². The van der Waals surface area contributed by atoms with E-state index in [1.54, 1.807) is 7.11 Å². The van der Waals surface area contributed by atoms with Crippen LogP contribution in [0.25, 0.3) is 0 Å². The van der Waals surface area contributed by atoms with Crippen molar-refractivity contribution in [3.8, 4) is 0 Å². The van der Waals surface area contributed by atoms with E-state index in [4.69, 9.17) is 4.74 Å². The molecule has 0 amide bonds. The minimum atomic E-state index is 0.624. The maximum atomic E-state index is 5.29. The third-order valence-electron chi connectivity index (χ3n) is 3.55. The Labute approximate surface area is 110 Å². The Morgan fingerprint density at radius 2 is 2.22 bits per heavy atom. The van der Waals surface area contributed by atoms with Crippen molar-refractivity contribution in [2.75, 3.05) is 31.6 Å². The fraction of sp³-hybridized carbons (Fsp3) is 0.600. The number of methoxy groups -OCH3 is 1. The number of ether oxygens (including phenoxy) is 1. The standard InChI is InChI=1S/C15H24N2O/c1-3-16-14-8-6-10-17(11-14)15-9-5-4-7-13(15)12-18-2/h4-5,7,9,14,16H,3,6,8,10-12H2,1-2H3. The number of para-hydroxylation sites is 1. The van der Waals surface area contributed by atoms with Gasteiger partial charge in [0, 0.05) is 37.5 Å². The first kappa shape index (κ1) is 13.4. The lowest BCUT2D eigenvalue weighted by molar-refractivity contribution is 0.185. The molecule has 1 aromatic carbocycles. The molecule has 0 aliphatic carbocycles. The summed E-state index contributed by atoms with van der Waals surface area (Å²) in [6.45, 7) is 6.19. The first-order chi connectivity index (χ1) is 8.85. The normalized spacial score (nSPS) is 20.1. The van der Waals surface area contributed by atoms with Gasteiger partial charge in [-0.3, -0.25) is 0 Å². The molecule has 1 fully saturated rings. The zero-order valence-corrected chi connectivity index (χ0v) is 11.5. The lowest BCUT2D eigenvalue weighted by atomic mass is 10.0. The predicted molar refractivity (Wildman–Crippen MR) is 76.1 cm³/mol. The summed E-state index contributed by atoms with van der Waals surface area (Å²) >= 11 is 0. The molecular formula is C15H24N2O. The van der Waals surface area contributed by atoms with Crippen molar-refractivity contribution in [2.45, 2.75) is 32.4 Å². The number of hydrogen-bond acceptors (Lipinski definition) is 3. The van der Waals surface area contributed by atoms with E-state index in [1.807, 2.05) is 0 Å². The highest BCUT2D eigenvalue weighted by Gasteiger charge is 2.20. The minimum absolute atomic E-state index is 0.624. The van der Waals surface area contributed by atoms with Crippen molar-refractivity contribution in [3.63, 3.8) is 0 Å². The highest BCUT2D eigenvalue weighted by Crippen LogP contribution is 2.24. The van der Waals surface area contributed by atoms with Gasteiger partial charge in [-0.25, -0.2) is 0 Å². The Morgan fingerprint density at radius 1 is 1.39 bits per heavy atom. The largest absolute Gasteiger partial charge is 0.380 e. The van der Waals surface area contributed by atoms with Gasteiger partial charge in [-0.15, -0.1) is 0 Å². The van der Waals surface area contributed by atoms with Crippen molar-refractivity contribution in [3.05, 3.63) is 29.8 Å². The molecule has 1 atom stereocenters. The van der Waals surface area contributed by atoms with Crippen LogP contribution in [0.5, 0.6) is 0 Å². The average molecular weight is 248 g/mol. The van der Waals surface area contributed by atoms with Gasteiger partial charge in [0.25, 0.3) is 0 Å². The van der Waals surface area contributed by atoms with E-state index in [0.29, 0.717) is 12.6 Å². The summed E-state index contributed by atoms with van der Waals surface area (Å²) in [6.07, 6.45) is 2.55. The SMILES string of the molecule is CCNC1CCCN(c2ccccc2COC)C1. The number of hydrogen-bond donors (Lipinski definition) is 1. The monoisotopic (exact) mass is 248 g/mol. The maximum Gasteiger partial charge on any atom is 0.0733 e. The van der Waals surface area contributed by atoms with E-state index < -0.39 is 0 Å². The number of piperidine rings is 1. The first-order valence-corrected chi connectivity index (χ1v) is 6.90. The molecule has 1 aliphatic heterocycles. The van der Waals surface area contributed by atoms with E-state index in [1.165, 1.54) is 24.1 Å². The summed E-state index contributed by atoms with van der Waals surface area (Å²) in [5.74, 6) is 0. The fourth-order valence-corrected chi connectivity index (χ4v) is 2.75. The molecule has 1 aliphatic rings. The van der Waals surface area contributed by atoms with Crippen LogP contribution < -0.4 is 10.2 Å². The second-order valence-electron chi connectivity index (χ2n) is 4.90. The van der Waals surface area contributed by atoms with Gasteiger partial charge in [0.05, 0.1) is 6.61 Å². The molecule has 0 bridgehead atoms. The topological polar surface area (TPSA) is 24.5 Å². The van der Waals surface area contributed by atoms with Crippen LogP contribution in [0.2, 0.25) is 0 Å². The Bertz CT molecular complexity index is 365. The molecule has 1 N–H and O–H groups in total. The quantitative estimate of drug-likeness (QED) is 0.866. The second-order valence-corrected chi connectivity index (χ2v) is 4.90. The third kappa shape index (κ3) is 3.24. The molecule has 0 radical (unpaired) electrons. The van der Waals surface area contributed by atoms with Crippen molar-refractivity contribution < 1.29 is 4.74 Å². The number of rotatable bonds is 5. The summed E-state index contributed by atoms with van der Waals surface area (Å²) < 4.78 is 5.29. The first-order valence-electron chi connectivity index (χ1n) is 6.90. The molecule has 0 aromatic heterocycles. The molecule has 100 valence electrons. The molecule has 1 heterocycles. The molecular weight excluding hydrogens is 224 g/mol. The molecule has 1 unspecified atom stereocenters. The molecule has 2 rings (SSSR count). The molecule has 1 aromatic rings. The lowest BCUT2D eigenvalue weighted by Gasteiger charge is -2.35. The Balaban J connectivity index is 2.10. The van der Waals surface area contributed by atoms with Crippen LogP contribution in [0.3, 0.4) is 0 Å². The van der Waals surface area contributed by atoms with Crippen molar-refractivity contribution >= 4 is 5.69 Å². The molecule has 18 heavy (non-hydrogen) atoms. The lowest BCUT2D eigenvalue weighted by Crippen LogP contribution is -2.46. The summed E-state index contributed by atoms with van der Waals surface area (Å²) in [4.78, 5) is 2.49. The minimum Gasteiger partial charge on any atom is -0.380 e. The molecule has 0 saturated carbocycles. The van der Waals surface area contributed by atoms with Crippen LogP contribution in [0.15, 0.2) is 24.3 Å². The van der Waals surface area contributed by atoms with Crippen LogP contribution in [-0.2, 0) is 11.3 Å². The zero-order valence-electron chi connectivity index (χ0n) is 11.5. The van der Waals surface area contributed by atoms with E-state index in [9.17, 15) is 0 Å². The maximum absolute atomic E-state index is 5.29. The highest BCUT2D eigenvalue weighted by atomic mass is 16.5. The van der Waals surface area contributed by atoms with Gasteiger partial charge < -0.3 is 15.0 Å². The van der Waals surface area contributed by atoms with E-state index in [2.05, 4.69) is 41.4 Å². The van der Waals surface area contributed by atoms with Crippen LogP contribution in [0, 0.1) is 0 Å². The smallest absolute Gasteiger partial charge is 0.0733 e. The number of nitrogens with zero attached hydrogens (tertiary/aromatic N) is 1. The average Bonchev–Trinajstić information content (AvgIpc) is 2.40. The van der Waals surface area contributed by atoms with Gasteiger partial charge in [-0.05, 0) is 25.5 Å². The molecule has 3 heteroatoms. The number of benzene rings is 1. The van der Waals surface area contributed by atoms with Gasteiger partial charge in [0.15, 0.2) is 0 Å². The highest BCUT2D eigenvalue weighted by molar-refractivity contribution is 5.53. The summed E-state index contributed by atoms with van der Waals surface area (Å²) in [5.41, 5.74) is 2.62. The van der Waals surface area contributed by atoms with Gasteiger partial charge in [-0.1, -0.05) is 25.1 Å². The summed E-state index contributed by atoms with van der Waals surface area (Å²) in [6, 6.07) is 9.20. The Morgan fingerprint density at radius 3 is 3.00 bits per heavy atom. The van der Waals surface area contributed by atoms with Gasteiger partial charge in [0.1, 0.15) is 0 Å². The van der Waals surface area contributed by atoms with E-state index in [0.717, 1.165) is 19.6 Å². The Kier molecular flexibility index (Phi) is 5.02. The molecule has 0 spiro atoms. The third-order valence-corrected chi connectivity index (χ3v) is 3.55. The van der Waals surface area contributed by atoms with E-state index >= 15 is 0 Å². The summed E-state index contributed by atoms with van der Waals surface area (Å²) in [5, 5.41) is 3.56. The predicted octanol–water partition coefficient (Wildman–Crippen LogP) is 2.41. The summed E-state index contributed by atoms with van der Waals surface area (Å²) in [7, 11) is 1.76. The van der Waals surface area contributed by atoms with Gasteiger partial charge in [0.2, 0.25) is 0 Å². The zero-order chi connectivity index (χ0) is 12.8. The molecule has 1 saturated heterocycles. The fourth-order valence-electron chi connectivity index (χ4n) is 2.75.